The fraction of sp³-hybridized carbons (Fsp3) is 0.265. The number of aryl methyl sites for hydroxylation is 2. The number of carbonyl (C=O) groups is 2. The number of nitrogens with one attached hydrogen (secondary N) is 1. The lowest BCUT2D eigenvalue weighted by atomic mass is 9.99. The molecule has 0 aromatic heterocycles. The Bertz CT molecular complexity index is 1570. The molecule has 1 aliphatic rings. The highest BCUT2D eigenvalue weighted by Gasteiger charge is 2.24. The van der Waals surface area contributed by atoms with E-state index in [1.807, 2.05) is 65.3 Å². The van der Waals surface area contributed by atoms with E-state index in [1.165, 1.54) is 5.39 Å². The van der Waals surface area contributed by atoms with Crippen LogP contribution in [0.1, 0.15) is 42.0 Å². The van der Waals surface area contributed by atoms with Gasteiger partial charge >= 0.3 is 5.97 Å². The largest absolute Gasteiger partial charge is 0.465 e. The summed E-state index contributed by atoms with van der Waals surface area (Å²) in [6.45, 7) is 3.55. The standard InChI is InChI=1S/C34H36N4O3.ClH/c1-2-41-33(40)23-37(22-25-11-13-26-6-3-4-7-28(26)20-25)30-16-17-31-29(21-30)8-5-19-38(31)32(39)18-12-24-9-14-27(15-10-24)34(35)36;/h3-4,6-7,9-11,13-17,20-21H,2,5,8,12,18-19,22-23H2,1H3,(H3,35,36);1H. The van der Waals surface area contributed by atoms with Gasteiger partial charge in [-0.25, -0.2) is 0 Å². The number of nitrogen functional groups attached to an aromatic ring is 1. The summed E-state index contributed by atoms with van der Waals surface area (Å²) in [6, 6.07) is 28.3. The molecular weight excluding hydrogens is 548 g/mol. The number of halogens is 1. The van der Waals surface area contributed by atoms with E-state index in [2.05, 4.69) is 36.4 Å². The van der Waals surface area contributed by atoms with Crippen LogP contribution in [0.15, 0.2) is 84.9 Å². The Morgan fingerprint density at radius 1 is 0.952 bits per heavy atom. The van der Waals surface area contributed by atoms with E-state index >= 15 is 0 Å². The van der Waals surface area contributed by atoms with Crippen LogP contribution in [0, 0.1) is 5.41 Å². The van der Waals surface area contributed by atoms with E-state index in [9.17, 15) is 9.59 Å². The van der Waals surface area contributed by atoms with Gasteiger partial charge in [0.1, 0.15) is 12.4 Å². The molecule has 218 valence electrons. The van der Waals surface area contributed by atoms with Crippen molar-refractivity contribution in [2.24, 2.45) is 5.73 Å². The van der Waals surface area contributed by atoms with E-state index in [4.69, 9.17) is 15.9 Å². The maximum absolute atomic E-state index is 13.3. The summed E-state index contributed by atoms with van der Waals surface area (Å²) in [7, 11) is 0. The molecule has 8 heteroatoms. The fourth-order valence-corrected chi connectivity index (χ4v) is 5.43. The Morgan fingerprint density at radius 2 is 1.69 bits per heavy atom. The van der Waals surface area contributed by atoms with Gasteiger partial charge in [-0.1, -0.05) is 60.7 Å². The first-order chi connectivity index (χ1) is 19.9. The number of nitrogens with two attached hydrogens (primary N) is 1. The summed E-state index contributed by atoms with van der Waals surface area (Å²) in [5, 5.41) is 9.89. The number of amides is 1. The lowest BCUT2D eigenvalue weighted by molar-refractivity contribution is -0.141. The molecule has 4 aromatic carbocycles. The van der Waals surface area contributed by atoms with Crippen molar-refractivity contribution in [2.75, 3.05) is 29.5 Å². The van der Waals surface area contributed by atoms with Gasteiger partial charge in [-0.15, -0.1) is 12.4 Å². The third kappa shape index (κ3) is 7.28. The van der Waals surface area contributed by atoms with Gasteiger partial charge in [-0.3, -0.25) is 15.0 Å². The van der Waals surface area contributed by atoms with Crippen LogP contribution in [-0.2, 0) is 33.7 Å². The van der Waals surface area contributed by atoms with Crippen LogP contribution in [0.5, 0.6) is 0 Å². The average Bonchev–Trinajstić information content (AvgIpc) is 2.99. The highest BCUT2D eigenvalue weighted by atomic mass is 35.5. The molecule has 0 saturated heterocycles. The van der Waals surface area contributed by atoms with Gasteiger partial charge in [0.2, 0.25) is 5.91 Å². The van der Waals surface area contributed by atoms with Gasteiger partial charge in [-0.2, -0.15) is 0 Å². The molecule has 4 aromatic rings. The number of hydrogen-bond donors (Lipinski definition) is 2. The second kappa shape index (κ2) is 14.0. The van der Waals surface area contributed by atoms with E-state index in [0.29, 0.717) is 38.1 Å². The quantitative estimate of drug-likeness (QED) is 0.135. The Balaban J connectivity index is 0.00000405. The van der Waals surface area contributed by atoms with Gasteiger partial charge in [-0.05, 0) is 77.9 Å². The Hall–Kier alpha value is -4.36. The van der Waals surface area contributed by atoms with Crippen molar-refractivity contribution in [1.82, 2.24) is 0 Å². The zero-order chi connectivity index (χ0) is 28.8. The first-order valence-corrected chi connectivity index (χ1v) is 14.2. The van der Waals surface area contributed by atoms with Gasteiger partial charge < -0.3 is 20.3 Å². The number of esters is 1. The number of benzene rings is 4. The van der Waals surface area contributed by atoms with Crippen LogP contribution in [0.25, 0.3) is 10.8 Å². The average molecular weight is 585 g/mol. The molecule has 5 rings (SSSR count). The molecule has 0 aliphatic carbocycles. The molecule has 0 saturated carbocycles. The third-order valence-corrected chi connectivity index (χ3v) is 7.55. The van der Waals surface area contributed by atoms with E-state index in [1.54, 1.807) is 0 Å². The van der Waals surface area contributed by atoms with Gasteiger partial charge in [0, 0.05) is 36.4 Å². The molecule has 0 radical (unpaired) electrons. The maximum Gasteiger partial charge on any atom is 0.325 e. The van der Waals surface area contributed by atoms with Crippen LogP contribution in [0.4, 0.5) is 11.4 Å². The van der Waals surface area contributed by atoms with Crippen molar-refractivity contribution < 1.29 is 14.3 Å². The molecule has 0 bridgehead atoms. The highest BCUT2D eigenvalue weighted by molar-refractivity contribution is 5.96. The number of nitrogens with zero attached hydrogens (tertiary/aromatic N) is 2. The molecule has 0 atom stereocenters. The van der Waals surface area contributed by atoms with Crippen molar-refractivity contribution >= 4 is 52.3 Å². The number of carbonyl (C=O) groups excluding carboxylic acids is 2. The zero-order valence-electron chi connectivity index (χ0n) is 23.8. The lowest BCUT2D eigenvalue weighted by Gasteiger charge is -2.32. The fourth-order valence-electron chi connectivity index (χ4n) is 5.43. The third-order valence-electron chi connectivity index (χ3n) is 7.55. The monoisotopic (exact) mass is 584 g/mol. The van der Waals surface area contributed by atoms with E-state index in [-0.39, 0.29) is 36.7 Å². The van der Waals surface area contributed by atoms with Gasteiger partial charge in [0.25, 0.3) is 0 Å². The smallest absolute Gasteiger partial charge is 0.325 e. The normalized spacial score (nSPS) is 12.3. The minimum absolute atomic E-state index is 0. The Labute approximate surface area is 253 Å². The molecule has 0 spiro atoms. The maximum atomic E-state index is 13.3. The minimum Gasteiger partial charge on any atom is -0.465 e. The number of rotatable bonds is 10. The van der Waals surface area contributed by atoms with E-state index < -0.39 is 0 Å². The summed E-state index contributed by atoms with van der Waals surface area (Å²) >= 11 is 0. The molecule has 0 unspecified atom stereocenters. The molecule has 1 amide bonds. The number of anilines is 2. The van der Waals surface area contributed by atoms with Crippen molar-refractivity contribution in [3.8, 4) is 0 Å². The molecule has 1 aliphatic heterocycles. The predicted octanol–water partition coefficient (Wildman–Crippen LogP) is 6.03. The zero-order valence-corrected chi connectivity index (χ0v) is 24.7. The summed E-state index contributed by atoms with van der Waals surface area (Å²) in [6.07, 6.45) is 2.79. The molecule has 7 nitrogen and oxygen atoms in total. The molecule has 42 heavy (non-hydrogen) atoms. The van der Waals surface area contributed by atoms with E-state index in [0.717, 1.165) is 46.3 Å². The highest BCUT2D eigenvalue weighted by Crippen LogP contribution is 2.32. The second-order valence-electron chi connectivity index (χ2n) is 10.4. The van der Waals surface area contributed by atoms with Crippen LogP contribution >= 0.6 is 12.4 Å². The number of ether oxygens (including phenoxy) is 1. The molecule has 0 fully saturated rings. The molecule has 3 N–H and O–H groups in total. The first-order valence-electron chi connectivity index (χ1n) is 14.2. The summed E-state index contributed by atoms with van der Waals surface area (Å²) in [5.41, 5.74) is 11.4. The molecule has 1 heterocycles. The van der Waals surface area contributed by atoms with Crippen molar-refractivity contribution in [2.45, 2.75) is 39.2 Å². The first kappa shape index (κ1) is 30.6. The van der Waals surface area contributed by atoms with Crippen LogP contribution in [0.3, 0.4) is 0 Å². The predicted molar refractivity (Wildman–Crippen MR) is 172 cm³/mol. The van der Waals surface area contributed by atoms with Crippen LogP contribution in [-0.4, -0.2) is 37.4 Å². The van der Waals surface area contributed by atoms with Crippen LogP contribution < -0.4 is 15.5 Å². The van der Waals surface area contributed by atoms with Crippen LogP contribution in [0.2, 0.25) is 0 Å². The Morgan fingerprint density at radius 3 is 2.43 bits per heavy atom. The van der Waals surface area contributed by atoms with Gasteiger partial charge in [0.05, 0.1) is 6.61 Å². The summed E-state index contributed by atoms with van der Waals surface area (Å²) in [4.78, 5) is 29.8. The number of hydrogen-bond acceptors (Lipinski definition) is 5. The number of amidine groups is 1. The number of fused-ring (bicyclic) bond motifs is 2. The van der Waals surface area contributed by atoms with Crippen molar-refractivity contribution in [3.63, 3.8) is 0 Å². The Kier molecular flexibility index (Phi) is 10.2. The lowest BCUT2D eigenvalue weighted by Crippen LogP contribution is -2.36. The summed E-state index contributed by atoms with van der Waals surface area (Å²) in [5.74, 6) is -0.136. The minimum atomic E-state index is -0.265. The molecular formula is C34H37ClN4O3. The van der Waals surface area contributed by atoms with Crippen molar-refractivity contribution in [1.29, 1.82) is 5.41 Å². The topological polar surface area (TPSA) is 99.7 Å². The van der Waals surface area contributed by atoms with Crippen molar-refractivity contribution in [3.05, 3.63) is 107 Å². The van der Waals surface area contributed by atoms with Gasteiger partial charge in [0.15, 0.2) is 0 Å². The summed E-state index contributed by atoms with van der Waals surface area (Å²) < 4.78 is 5.29. The second-order valence-corrected chi connectivity index (χ2v) is 10.4. The SMILES string of the molecule is CCOC(=O)CN(Cc1ccc2ccccc2c1)c1ccc2c(c1)CCCN2C(=O)CCc1ccc(C(=N)N)cc1.Cl.